The van der Waals surface area contributed by atoms with Gasteiger partial charge in [-0.15, -0.1) is 0 Å². The third-order valence-electron chi connectivity index (χ3n) is 6.21. The first-order valence-corrected chi connectivity index (χ1v) is 13.7. The minimum absolute atomic E-state index is 0.151. The first kappa shape index (κ1) is 31.9. The fraction of sp³-hybridized carbons (Fsp3) is 0.321. The summed E-state index contributed by atoms with van der Waals surface area (Å²) in [6.07, 6.45) is 0.784. The first-order valence-electron chi connectivity index (χ1n) is 11.9. The van der Waals surface area contributed by atoms with Gasteiger partial charge in [-0.3, -0.25) is 9.45 Å². The highest BCUT2D eigenvalue weighted by Crippen LogP contribution is 2.38. The maximum atomic E-state index is 12.8. The van der Waals surface area contributed by atoms with E-state index in [1.165, 1.54) is 45.6 Å². The molecule has 0 radical (unpaired) electrons. The Kier molecular flexibility index (Phi) is 11.6. The molecule has 3 aromatic carbocycles. The highest BCUT2D eigenvalue weighted by Gasteiger charge is 2.34. The molecule has 3 rings (SSSR count). The second kappa shape index (κ2) is 14.2. The van der Waals surface area contributed by atoms with Crippen LogP contribution in [0.4, 0.5) is 0 Å². The van der Waals surface area contributed by atoms with Crippen LogP contribution >= 0.6 is 11.6 Å². The van der Waals surface area contributed by atoms with E-state index in [9.17, 15) is 13.2 Å². The highest BCUT2D eigenvalue weighted by molar-refractivity contribution is 7.85. The van der Waals surface area contributed by atoms with Gasteiger partial charge in [0.1, 0.15) is 6.61 Å². The van der Waals surface area contributed by atoms with E-state index in [4.69, 9.17) is 35.1 Å². The number of carbonyl (C=O) groups excluding carboxylic acids is 1. The van der Waals surface area contributed by atoms with Crippen molar-refractivity contribution in [3.8, 4) is 17.2 Å². The molecular formula is C28H34ClNO8S. The van der Waals surface area contributed by atoms with Gasteiger partial charge in [0.05, 0.1) is 37.3 Å². The Hall–Kier alpha value is -3.31. The van der Waals surface area contributed by atoms with Crippen molar-refractivity contribution < 1.29 is 36.7 Å². The van der Waals surface area contributed by atoms with Crippen LogP contribution in [0.15, 0.2) is 71.6 Å². The number of nitrogens with zero attached hydrogens (tertiary/aromatic N) is 1. The van der Waals surface area contributed by atoms with Crippen molar-refractivity contribution >= 4 is 27.7 Å². The quantitative estimate of drug-likeness (QED) is 0.252. The number of methoxy groups -OCH3 is 3. The molecule has 9 nitrogen and oxygen atoms in total. The Morgan fingerprint density at radius 3 is 1.87 bits per heavy atom. The Labute approximate surface area is 235 Å². The molecule has 0 aromatic heterocycles. The normalized spacial score (nSPS) is 12.5. The monoisotopic (exact) mass is 579 g/mol. The maximum Gasteiger partial charge on any atom is 0.338 e. The summed E-state index contributed by atoms with van der Waals surface area (Å²) >= 11 is 5.49. The van der Waals surface area contributed by atoms with E-state index in [0.29, 0.717) is 27.8 Å². The molecule has 0 bridgehead atoms. The topological polar surface area (TPSA) is 112 Å². The molecule has 0 heterocycles. The number of carbonyl (C=O) groups is 1. The summed E-state index contributed by atoms with van der Waals surface area (Å²) in [6.45, 7) is 2.30. The number of halogens is 1. The number of benzene rings is 3. The average Bonchev–Trinajstić information content (AvgIpc) is 2.93. The lowest BCUT2D eigenvalue weighted by molar-refractivity contribution is 0.0119. The largest absolute Gasteiger partial charge is 0.493 e. The van der Waals surface area contributed by atoms with Gasteiger partial charge in [0.15, 0.2) is 11.5 Å². The smallest absolute Gasteiger partial charge is 0.338 e. The number of rotatable bonds is 10. The SMILES string of the molecule is CCC(COC(=O)c1cc(OC)c(OC)c(OC)c1)(c1ccccc1)N(C)C.O=S(=O)(O)c1ccc(Cl)cc1. The van der Waals surface area contributed by atoms with E-state index in [0.717, 1.165) is 12.0 Å². The molecule has 212 valence electrons. The fourth-order valence-electron chi connectivity index (χ4n) is 3.92. The maximum absolute atomic E-state index is 12.8. The van der Waals surface area contributed by atoms with Crippen LogP contribution in [0, 0.1) is 0 Å². The van der Waals surface area contributed by atoms with Gasteiger partial charge in [-0.05, 0) is 62.5 Å². The van der Waals surface area contributed by atoms with Gasteiger partial charge in [-0.1, -0.05) is 48.9 Å². The van der Waals surface area contributed by atoms with Crippen LogP contribution in [0.2, 0.25) is 5.02 Å². The predicted molar refractivity (Wildman–Crippen MR) is 150 cm³/mol. The van der Waals surface area contributed by atoms with Gasteiger partial charge in [0, 0.05) is 5.02 Å². The van der Waals surface area contributed by atoms with E-state index < -0.39 is 21.6 Å². The molecule has 39 heavy (non-hydrogen) atoms. The number of esters is 1. The molecule has 1 unspecified atom stereocenters. The molecule has 0 amide bonds. The fourth-order valence-corrected chi connectivity index (χ4v) is 4.52. The lowest BCUT2D eigenvalue weighted by Crippen LogP contribution is -2.45. The summed E-state index contributed by atoms with van der Waals surface area (Å²) in [6, 6.07) is 18.5. The van der Waals surface area contributed by atoms with Crippen molar-refractivity contribution in [1.29, 1.82) is 0 Å². The number of hydrogen-bond acceptors (Lipinski definition) is 8. The molecule has 0 saturated carbocycles. The summed E-state index contributed by atoms with van der Waals surface area (Å²) in [5, 5.41) is 0.428. The Morgan fingerprint density at radius 2 is 1.46 bits per heavy atom. The molecule has 0 aliphatic carbocycles. The summed E-state index contributed by atoms with van der Waals surface area (Å²) in [5.74, 6) is 0.800. The number of hydrogen-bond donors (Lipinski definition) is 1. The van der Waals surface area contributed by atoms with Gasteiger partial charge >= 0.3 is 5.97 Å². The predicted octanol–water partition coefficient (Wildman–Crippen LogP) is 5.32. The zero-order valence-corrected chi connectivity index (χ0v) is 24.4. The van der Waals surface area contributed by atoms with E-state index in [2.05, 4.69) is 24.0 Å². The average molecular weight is 580 g/mol. The molecule has 0 fully saturated rings. The first-order chi connectivity index (χ1) is 18.4. The zero-order valence-electron chi connectivity index (χ0n) is 22.8. The van der Waals surface area contributed by atoms with Crippen LogP contribution in [0.5, 0.6) is 17.2 Å². The van der Waals surface area contributed by atoms with Crippen molar-refractivity contribution in [3.05, 3.63) is 82.9 Å². The third-order valence-corrected chi connectivity index (χ3v) is 7.33. The molecule has 11 heteroatoms. The van der Waals surface area contributed by atoms with Crippen molar-refractivity contribution in [1.82, 2.24) is 4.90 Å². The lowest BCUT2D eigenvalue weighted by Gasteiger charge is -2.39. The van der Waals surface area contributed by atoms with Gasteiger partial charge in [-0.25, -0.2) is 4.79 Å². The lowest BCUT2D eigenvalue weighted by atomic mass is 9.87. The molecule has 3 aromatic rings. The third kappa shape index (κ3) is 8.09. The zero-order chi connectivity index (χ0) is 29.2. The van der Waals surface area contributed by atoms with E-state index in [1.807, 2.05) is 32.3 Å². The van der Waals surface area contributed by atoms with E-state index >= 15 is 0 Å². The van der Waals surface area contributed by atoms with Crippen LogP contribution in [-0.4, -0.2) is 65.9 Å². The van der Waals surface area contributed by atoms with Crippen molar-refractivity contribution in [2.75, 3.05) is 42.0 Å². The van der Waals surface area contributed by atoms with Gasteiger partial charge < -0.3 is 18.9 Å². The molecule has 1 N–H and O–H groups in total. The van der Waals surface area contributed by atoms with Crippen LogP contribution in [0.25, 0.3) is 0 Å². The second-order valence-corrected chi connectivity index (χ2v) is 10.4. The van der Waals surface area contributed by atoms with Gasteiger partial charge in [0.2, 0.25) is 5.75 Å². The molecule has 1 atom stereocenters. The second-order valence-electron chi connectivity index (χ2n) is 8.56. The van der Waals surface area contributed by atoms with Crippen molar-refractivity contribution in [3.63, 3.8) is 0 Å². The summed E-state index contributed by atoms with van der Waals surface area (Å²) in [4.78, 5) is 14.7. The summed E-state index contributed by atoms with van der Waals surface area (Å²) < 4.78 is 51.1. The van der Waals surface area contributed by atoms with Crippen molar-refractivity contribution in [2.24, 2.45) is 0 Å². The molecule has 0 aliphatic heterocycles. The van der Waals surface area contributed by atoms with Crippen LogP contribution in [-0.2, 0) is 20.4 Å². The Morgan fingerprint density at radius 1 is 0.923 bits per heavy atom. The highest BCUT2D eigenvalue weighted by atomic mass is 35.5. The standard InChI is InChI=1S/C22H29NO5.C6H5ClO3S/c1-7-22(23(2)3,17-11-9-8-10-12-17)15-28-21(24)16-13-18(25-4)20(27-6)19(14-16)26-5;7-5-1-3-6(4-2-5)11(8,9)10/h8-14H,7,15H2,1-6H3;1-4H,(H,8,9,10). The molecule has 0 saturated heterocycles. The molecule has 0 aliphatic rings. The van der Waals surface area contributed by atoms with Gasteiger partial charge in [0.25, 0.3) is 10.1 Å². The van der Waals surface area contributed by atoms with E-state index in [-0.39, 0.29) is 11.5 Å². The van der Waals surface area contributed by atoms with E-state index in [1.54, 1.807) is 12.1 Å². The number of likely N-dealkylation sites (N-methyl/N-ethyl adjacent to an activating group) is 1. The summed E-state index contributed by atoms with van der Waals surface area (Å²) in [7, 11) is 4.44. The van der Waals surface area contributed by atoms with Crippen LogP contribution < -0.4 is 14.2 Å². The van der Waals surface area contributed by atoms with Crippen LogP contribution in [0.3, 0.4) is 0 Å². The molecule has 0 spiro atoms. The van der Waals surface area contributed by atoms with Crippen molar-refractivity contribution in [2.45, 2.75) is 23.8 Å². The van der Waals surface area contributed by atoms with Crippen LogP contribution in [0.1, 0.15) is 29.3 Å². The molecular weight excluding hydrogens is 546 g/mol. The Bertz CT molecular complexity index is 1310. The Balaban J connectivity index is 0.000000404. The minimum atomic E-state index is -4.08. The minimum Gasteiger partial charge on any atom is -0.493 e. The summed E-state index contributed by atoms with van der Waals surface area (Å²) in [5.41, 5.74) is 1.02. The van der Waals surface area contributed by atoms with Gasteiger partial charge in [-0.2, -0.15) is 8.42 Å². The number of ether oxygens (including phenoxy) is 4.